The van der Waals surface area contributed by atoms with E-state index in [2.05, 4.69) is 28.3 Å². The topological polar surface area (TPSA) is 37.8 Å². The van der Waals surface area contributed by atoms with Crippen molar-refractivity contribution < 1.29 is 0 Å². The fraction of sp³-hybridized carbons (Fsp3) is 0.231. The molecule has 0 fully saturated rings. The zero-order valence-corrected chi connectivity index (χ0v) is 9.78. The first-order valence-electron chi connectivity index (χ1n) is 5.30. The van der Waals surface area contributed by atoms with Gasteiger partial charge >= 0.3 is 0 Å². The molecule has 1 N–H and O–H groups in total. The minimum absolute atomic E-state index is 0.780. The van der Waals surface area contributed by atoms with Gasteiger partial charge in [-0.2, -0.15) is 0 Å². The predicted molar refractivity (Wildman–Crippen MR) is 66.5 cm³/mol. The number of hydrogen-bond donors (Lipinski definition) is 1. The van der Waals surface area contributed by atoms with Crippen molar-refractivity contribution in [2.24, 2.45) is 0 Å². The summed E-state index contributed by atoms with van der Waals surface area (Å²) in [5.74, 6) is 1.63. The standard InChI is InChI=1S/C13H15N3/c1-9-6-4-5-7-11(9)13-15-10(2)8-12(14-3)16-13/h4-8H,1-3H3,(H,14,15,16). The molecule has 0 bridgehead atoms. The summed E-state index contributed by atoms with van der Waals surface area (Å²) in [5, 5.41) is 3.05. The van der Waals surface area contributed by atoms with E-state index in [0.717, 1.165) is 22.9 Å². The monoisotopic (exact) mass is 213 g/mol. The lowest BCUT2D eigenvalue weighted by atomic mass is 10.1. The summed E-state index contributed by atoms with van der Waals surface area (Å²) < 4.78 is 0. The van der Waals surface area contributed by atoms with Gasteiger partial charge in [0.2, 0.25) is 0 Å². The maximum atomic E-state index is 4.46. The van der Waals surface area contributed by atoms with E-state index in [1.807, 2.05) is 38.2 Å². The third-order valence-electron chi connectivity index (χ3n) is 2.50. The summed E-state index contributed by atoms with van der Waals surface area (Å²) in [6.45, 7) is 4.05. The number of rotatable bonds is 2. The van der Waals surface area contributed by atoms with Crippen LogP contribution in [0.3, 0.4) is 0 Å². The van der Waals surface area contributed by atoms with Gasteiger partial charge in [0.1, 0.15) is 5.82 Å². The highest BCUT2D eigenvalue weighted by Gasteiger charge is 2.06. The van der Waals surface area contributed by atoms with Crippen molar-refractivity contribution in [3.8, 4) is 11.4 Å². The fourth-order valence-corrected chi connectivity index (χ4v) is 1.64. The molecule has 2 rings (SSSR count). The van der Waals surface area contributed by atoms with Crippen LogP contribution in [0, 0.1) is 13.8 Å². The van der Waals surface area contributed by atoms with Crippen LogP contribution < -0.4 is 5.32 Å². The van der Waals surface area contributed by atoms with Crippen LogP contribution in [0.1, 0.15) is 11.3 Å². The molecule has 1 heterocycles. The number of hydrogen-bond acceptors (Lipinski definition) is 3. The Kier molecular flexibility index (Phi) is 2.86. The van der Waals surface area contributed by atoms with E-state index < -0.39 is 0 Å². The molecule has 0 amide bonds. The van der Waals surface area contributed by atoms with Crippen LogP contribution in [-0.2, 0) is 0 Å². The van der Waals surface area contributed by atoms with Gasteiger partial charge in [-0.25, -0.2) is 9.97 Å². The molecule has 0 saturated carbocycles. The van der Waals surface area contributed by atoms with Crippen molar-refractivity contribution in [3.63, 3.8) is 0 Å². The Morgan fingerprint density at radius 3 is 2.50 bits per heavy atom. The second-order valence-corrected chi connectivity index (χ2v) is 3.78. The molecule has 0 saturated heterocycles. The maximum absolute atomic E-state index is 4.46. The third-order valence-corrected chi connectivity index (χ3v) is 2.50. The number of aromatic nitrogens is 2. The van der Waals surface area contributed by atoms with Gasteiger partial charge in [-0.15, -0.1) is 0 Å². The van der Waals surface area contributed by atoms with Gasteiger partial charge in [0.15, 0.2) is 5.82 Å². The summed E-state index contributed by atoms with van der Waals surface area (Å²) in [6, 6.07) is 10.1. The van der Waals surface area contributed by atoms with Crippen molar-refractivity contribution in [2.75, 3.05) is 12.4 Å². The maximum Gasteiger partial charge on any atom is 0.162 e. The summed E-state index contributed by atoms with van der Waals surface area (Å²) in [4.78, 5) is 8.92. The first-order valence-corrected chi connectivity index (χ1v) is 5.30. The minimum Gasteiger partial charge on any atom is -0.373 e. The molecule has 3 nitrogen and oxygen atoms in total. The lowest BCUT2D eigenvalue weighted by Gasteiger charge is -2.07. The van der Waals surface area contributed by atoms with Gasteiger partial charge in [-0.1, -0.05) is 24.3 Å². The molecule has 1 aromatic carbocycles. The zero-order chi connectivity index (χ0) is 11.5. The Bertz CT molecular complexity index is 506. The average Bonchev–Trinajstić information content (AvgIpc) is 2.28. The summed E-state index contributed by atoms with van der Waals surface area (Å²) in [6.07, 6.45) is 0. The molecule has 0 spiro atoms. The van der Waals surface area contributed by atoms with Gasteiger partial charge in [0.05, 0.1) is 0 Å². The van der Waals surface area contributed by atoms with Gasteiger partial charge in [0, 0.05) is 24.4 Å². The summed E-state index contributed by atoms with van der Waals surface area (Å²) in [7, 11) is 1.86. The first kappa shape index (κ1) is 10.6. The molecule has 0 unspecified atom stereocenters. The molecule has 0 aliphatic rings. The van der Waals surface area contributed by atoms with Crippen LogP contribution in [0.4, 0.5) is 5.82 Å². The molecule has 0 aliphatic heterocycles. The number of anilines is 1. The Morgan fingerprint density at radius 1 is 1.06 bits per heavy atom. The lowest BCUT2D eigenvalue weighted by molar-refractivity contribution is 1.10. The molecule has 1 aromatic heterocycles. The SMILES string of the molecule is CNc1cc(C)nc(-c2ccccc2C)n1. The molecule has 82 valence electrons. The second kappa shape index (κ2) is 4.31. The average molecular weight is 213 g/mol. The van der Waals surface area contributed by atoms with Crippen LogP contribution in [-0.4, -0.2) is 17.0 Å². The van der Waals surface area contributed by atoms with Gasteiger partial charge in [-0.05, 0) is 19.4 Å². The van der Waals surface area contributed by atoms with Crippen molar-refractivity contribution in [3.05, 3.63) is 41.6 Å². The van der Waals surface area contributed by atoms with Crippen molar-refractivity contribution in [1.29, 1.82) is 0 Å². The lowest BCUT2D eigenvalue weighted by Crippen LogP contribution is -1.99. The Labute approximate surface area is 95.6 Å². The van der Waals surface area contributed by atoms with Crippen LogP contribution in [0.5, 0.6) is 0 Å². The van der Waals surface area contributed by atoms with Gasteiger partial charge in [-0.3, -0.25) is 0 Å². The van der Waals surface area contributed by atoms with Crippen molar-refractivity contribution in [1.82, 2.24) is 9.97 Å². The quantitative estimate of drug-likeness (QED) is 0.833. The molecule has 0 atom stereocenters. The molecular weight excluding hydrogens is 198 g/mol. The van der Waals surface area contributed by atoms with E-state index in [-0.39, 0.29) is 0 Å². The Morgan fingerprint density at radius 2 is 1.81 bits per heavy atom. The van der Waals surface area contributed by atoms with Crippen LogP contribution in [0.25, 0.3) is 11.4 Å². The number of nitrogens with one attached hydrogen (secondary N) is 1. The normalized spacial score (nSPS) is 10.2. The van der Waals surface area contributed by atoms with E-state index in [0.29, 0.717) is 0 Å². The number of benzene rings is 1. The van der Waals surface area contributed by atoms with Crippen LogP contribution in [0.2, 0.25) is 0 Å². The highest BCUT2D eigenvalue weighted by molar-refractivity contribution is 5.61. The second-order valence-electron chi connectivity index (χ2n) is 3.78. The Hall–Kier alpha value is -1.90. The number of nitrogens with zero attached hydrogens (tertiary/aromatic N) is 2. The zero-order valence-electron chi connectivity index (χ0n) is 9.78. The van der Waals surface area contributed by atoms with Crippen LogP contribution in [0.15, 0.2) is 30.3 Å². The predicted octanol–water partition coefficient (Wildman–Crippen LogP) is 2.80. The smallest absolute Gasteiger partial charge is 0.162 e. The van der Waals surface area contributed by atoms with Crippen molar-refractivity contribution >= 4 is 5.82 Å². The fourth-order valence-electron chi connectivity index (χ4n) is 1.64. The summed E-state index contributed by atoms with van der Waals surface area (Å²) >= 11 is 0. The van der Waals surface area contributed by atoms with Gasteiger partial charge in [0.25, 0.3) is 0 Å². The molecule has 0 radical (unpaired) electrons. The molecule has 3 heteroatoms. The van der Waals surface area contributed by atoms with E-state index in [4.69, 9.17) is 0 Å². The minimum atomic E-state index is 0.780. The van der Waals surface area contributed by atoms with E-state index in [1.54, 1.807) is 0 Å². The number of aryl methyl sites for hydroxylation is 2. The van der Waals surface area contributed by atoms with E-state index >= 15 is 0 Å². The molecular formula is C13H15N3. The van der Waals surface area contributed by atoms with Gasteiger partial charge < -0.3 is 5.32 Å². The van der Waals surface area contributed by atoms with Crippen LogP contribution >= 0.6 is 0 Å². The molecule has 2 aromatic rings. The van der Waals surface area contributed by atoms with E-state index in [1.165, 1.54) is 5.56 Å². The highest BCUT2D eigenvalue weighted by Crippen LogP contribution is 2.20. The van der Waals surface area contributed by atoms with Crippen molar-refractivity contribution in [2.45, 2.75) is 13.8 Å². The first-order chi connectivity index (χ1) is 7.70. The van der Waals surface area contributed by atoms with E-state index in [9.17, 15) is 0 Å². The molecule has 16 heavy (non-hydrogen) atoms. The highest BCUT2D eigenvalue weighted by atomic mass is 15.0. The molecule has 0 aliphatic carbocycles. The largest absolute Gasteiger partial charge is 0.373 e. The Balaban J connectivity index is 2.56. The third kappa shape index (κ3) is 2.03. The summed E-state index contributed by atoms with van der Waals surface area (Å²) in [5.41, 5.74) is 3.25.